The topological polar surface area (TPSA) is 33.4 Å². The fourth-order valence-corrected chi connectivity index (χ4v) is 0.871. The van der Waals surface area contributed by atoms with Gasteiger partial charge in [0.1, 0.15) is 5.76 Å². The van der Waals surface area contributed by atoms with E-state index in [9.17, 15) is 5.11 Å². The van der Waals surface area contributed by atoms with E-state index in [4.69, 9.17) is 4.42 Å². The Kier molecular flexibility index (Phi) is 2.71. The Morgan fingerprint density at radius 3 is 2.73 bits per heavy atom. The van der Waals surface area contributed by atoms with Gasteiger partial charge in [-0.1, -0.05) is 13.8 Å². The highest BCUT2D eigenvalue weighted by molar-refractivity contribution is 4.99. The van der Waals surface area contributed by atoms with Crippen LogP contribution in [0.4, 0.5) is 0 Å². The van der Waals surface area contributed by atoms with Gasteiger partial charge in [0.15, 0.2) is 0 Å². The average Bonchev–Trinajstić information content (AvgIpc) is 2.39. The largest absolute Gasteiger partial charge is 0.469 e. The predicted molar refractivity (Wildman–Crippen MR) is 43.3 cm³/mol. The second kappa shape index (κ2) is 3.58. The van der Waals surface area contributed by atoms with Crippen molar-refractivity contribution in [2.75, 3.05) is 0 Å². The maximum atomic E-state index is 9.44. The molecule has 0 saturated carbocycles. The first kappa shape index (κ1) is 8.34. The molecule has 0 amide bonds. The zero-order chi connectivity index (χ0) is 8.27. The van der Waals surface area contributed by atoms with Gasteiger partial charge in [0.2, 0.25) is 0 Å². The number of aliphatic hydroxyl groups excluding tert-OH is 1. The highest BCUT2D eigenvalue weighted by Crippen LogP contribution is 2.09. The summed E-state index contributed by atoms with van der Waals surface area (Å²) in [7, 11) is 0. The summed E-state index contributed by atoms with van der Waals surface area (Å²) in [5, 5.41) is 9.44. The minimum atomic E-state index is -0.291. The van der Waals surface area contributed by atoms with Crippen LogP contribution in [0.2, 0.25) is 0 Å². The van der Waals surface area contributed by atoms with E-state index in [0.717, 1.165) is 5.76 Å². The van der Waals surface area contributed by atoms with E-state index in [1.54, 1.807) is 6.26 Å². The molecule has 0 fully saturated rings. The molecule has 1 N–H and O–H groups in total. The van der Waals surface area contributed by atoms with E-state index in [-0.39, 0.29) is 6.10 Å². The first-order valence-electron chi connectivity index (χ1n) is 3.90. The average molecular weight is 154 g/mol. The van der Waals surface area contributed by atoms with Crippen LogP contribution >= 0.6 is 0 Å². The fourth-order valence-electron chi connectivity index (χ4n) is 0.871. The van der Waals surface area contributed by atoms with Gasteiger partial charge in [0, 0.05) is 6.42 Å². The SMILES string of the molecule is CC(C)C(O)Cc1ccco1. The van der Waals surface area contributed by atoms with Crippen molar-refractivity contribution in [3.63, 3.8) is 0 Å². The molecule has 11 heavy (non-hydrogen) atoms. The first-order chi connectivity index (χ1) is 5.20. The molecule has 0 bridgehead atoms. The van der Waals surface area contributed by atoms with Gasteiger partial charge in [-0.25, -0.2) is 0 Å². The van der Waals surface area contributed by atoms with Gasteiger partial charge >= 0.3 is 0 Å². The van der Waals surface area contributed by atoms with Crippen molar-refractivity contribution in [2.24, 2.45) is 5.92 Å². The fraction of sp³-hybridized carbons (Fsp3) is 0.556. The van der Waals surface area contributed by atoms with Crippen molar-refractivity contribution >= 4 is 0 Å². The predicted octanol–water partition coefficient (Wildman–Crippen LogP) is 1.84. The van der Waals surface area contributed by atoms with E-state index in [1.807, 2.05) is 26.0 Å². The molecule has 1 heterocycles. The van der Waals surface area contributed by atoms with Gasteiger partial charge in [-0.15, -0.1) is 0 Å². The molecule has 1 unspecified atom stereocenters. The Balaban J connectivity index is 2.43. The number of aliphatic hydroxyl groups is 1. The lowest BCUT2D eigenvalue weighted by Crippen LogP contribution is -2.17. The summed E-state index contributed by atoms with van der Waals surface area (Å²) in [5.41, 5.74) is 0. The monoisotopic (exact) mass is 154 g/mol. The summed E-state index contributed by atoms with van der Waals surface area (Å²) in [6, 6.07) is 3.72. The van der Waals surface area contributed by atoms with E-state index in [0.29, 0.717) is 12.3 Å². The van der Waals surface area contributed by atoms with Crippen LogP contribution in [0.15, 0.2) is 22.8 Å². The van der Waals surface area contributed by atoms with Crippen LogP contribution in [0.1, 0.15) is 19.6 Å². The molecular weight excluding hydrogens is 140 g/mol. The van der Waals surface area contributed by atoms with Crippen LogP contribution in [0.5, 0.6) is 0 Å². The molecule has 0 aliphatic carbocycles. The minimum Gasteiger partial charge on any atom is -0.469 e. The lowest BCUT2D eigenvalue weighted by molar-refractivity contribution is 0.119. The van der Waals surface area contributed by atoms with Crippen molar-refractivity contribution in [3.05, 3.63) is 24.2 Å². The summed E-state index contributed by atoms with van der Waals surface area (Å²) in [4.78, 5) is 0. The third kappa shape index (κ3) is 2.39. The van der Waals surface area contributed by atoms with Crippen LogP contribution in [0, 0.1) is 5.92 Å². The molecule has 0 spiro atoms. The van der Waals surface area contributed by atoms with Crippen molar-refractivity contribution in [2.45, 2.75) is 26.4 Å². The standard InChI is InChI=1S/C9H14O2/c1-7(2)9(10)6-8-4-3-5-11-8/h3-5,7,9-10H,6H2,1-2H3. The third-order valence-electron chi connectivity index (χ3n) is 1.76. The Hall–Kier alpha value is -0.760. The molecule has 0 radical (unpaired) electrons. The van der Waals surface area contributed by atoms with Gasteiger partial charge < -0.3 is 9.52 Å². The van der Waals surface area contributed by atoms with E-state index >= 15 is 0 Å². The van der Waals surface area contributed by atoms with Gasteiger partial charge in [0.25, 0.3) is 0 Å². The lowest BCUT2D eigenvalue weighted by atomic mass is 10.0. The molecule has 1 atom stereocenters. The van der Waals surface area contributed by atoms with Crippen LogP contribution < -0.4 is 0 Å². The second-order valence-corrected chi connectivity index (χ2v) is 3.09. The number of hydrogen-bond acceptors (Lipinski definition) is 2. The number of rotatable bonds is 3. The van der Waals surface area contributed by atoms with Gasteiger partial charge in [-0.2, -0.15) is 0 Å². The maximum absolute atomic E-state index is 9.44. The Morgan fingerprint density at radius 2 is 2.27 bits per heavy atom. The van der Waals surface area contributed by atoms with Crippen LogP contribution in [0.25, 0.3) is 0 Å². The van der Waals surface area contributed by atoms with Gasteiger partial charge in [-0.05, 0) is 18.1 Å². The Bertz CT molecular complexity index is 189. The van der Waals surface area contributed by atoms with Crippen molar-refractivity contribution in [1.82, 2.24) is 0 Å². The molecule has 1 aromatic rings. The molecule has 1 rings (SSSR count). The Morgan fingerprint density at radius 1 is 1.55 bits per heavy atom. The second-order valence-electron chi connectivity index (χ2n) is 3.09. The molecule has 0 saturated heterocycles. The normalized spacial score (nSPS) is 13.8. The minimum absolute atomic E-state index is 0.291. The van der Waals surface area contributed by atoms with E-state index in [1.165, 1.54) is 0 Å². The van der Waals surface area contributed by atoms with Gasteiger partial charge in [-0.3, -0.25) is 0 Å². The summed E-state index contributed by atoms with van der Waals surface area (Å²) in [6.45, 7) is 3.99. The molecule has 0 aliphatic rings. The van der Waals surface area contributed by atoms with E-state index in [2.05, 4.69) is 0 Å². The quantitative estimate of drug-likeness (QED) is 0.720. The van der Waals surface area contributed by atoms with Crippen molar-refractivity contribution < 1.29 is 9.52 Å². The zero-order valence-corrected chi connectivity index (χ0v) is 6.95. The summed E-state index contributed by atoms with van der Waals surface area (Å²) < 4.78 is 5.09. The molecule has 0 aliphatic heterocycles. The molecule has 62 valence electrons. The molecule has 1 aromatic heterocycles. The molecule has 2 heteroatoms. The van der Waals surface area contributed by atoms with Crippen molar-refractivity contribution in [3.8, 4) is 0 Å². The number of furan rings is 1. The molecular formula is C9H14O2. The summed E-state index contributed by atoms with van der Waals surface area (Å²) in [6.07, 6.45) is 1.95. The van der Waals surface area contributed by atoms with E-state index < -0.39 is 0 Å². The third-order valence-corrected chi connectivity index (χ3v) is 1.76. The molecule has 2 nitrogen and oxygen atoms in total. The van der Waals surface area contributed by atoms with Gasteiger partial charge in [0.05, 0.1) is 12.4 Å². The summed E-state index contributed by atoms with van der Waals surface area (Å²) in [5.74, 6) is 1.14. The van der Waals surface area contributed by atoms with Crippen LogP contribution in [-0.2, 0) is 6.42 Å². The lowest BCUT2D eigenvalue weighted by Gasteiger charge is -2.11. The zero-order valence-electron chi connectivity index (χ0n) is 6.95. The number of hydrogen-bond donors (Lipinski definition) is 1. The first-order valence-corrected chi connectivity index (χ1v) is 3.90. The summed E-state index contributed by atoms with van der Waals surface area (Å²) >= 11 is 0. The van der Waals surface area contributed by atoms with Crippen LogP contribution in [-0.4, -0.2) is 11.2 Å². The molecule has 0 aromatic carbocycles. The smallest absolute Gasteiger partial charge is 0.106 e. The van der Waals surface area contributed by atoms with Crippen LogP contribution in [0.3, 0.4) is 0 Å². The van der Waals surface area contributed by atoms with Crippen molar-refractivity contribution in [1.29, 1.82) is 0 Å². The highest BCUT2D eigenvalue weighted by Gasteiger charge is 2.10. The Labute approximate surface area is 66.8 Å². The maximum Gasteiger partial charge on any atom is 0.106 e. The highest BCUT2D eigenvalue weighted by atomic mass is 16.3.